The SMILES string of the molecule is CC1=NCCC(Nc2ccc3[nH]c(-c4ccc(C)cn4)nc3n2)=C1. The number of aromatic nitrogens is 4. The number of allylic oxidation sites excluding steroid dienone is 1. The van der Waals surface area contributed by atoms with E-state index < -0.39 is 0 Å². The van der Waals surface area contributed by atoms with Crippen molar-refractivity contribution in [1.29, 1.82) is 0 Å². The molecule has 1 aliphatic rings. The van der Waals surface area contributed by atoms with Crippen LogP contribution >= 0.6 is 0 Å². The van der Waals surface area contributed by atoms with Gasteiger partial charge in [-0.05, 0) is 43.7 Å². The van der Waals surface area contributed by atoms with E-state index in [2.05, 4.69) is 36.3 Å². The summed E-state index contributed by atoms with van der Waals surface area (Å²) in [5.41, 5.74) is 5.68. The second kappa shape index (κ2) is 5.88. The van der Waals surface area contributed by atoms with E-state index in [-0.39, 0.29) is 0 Å². The molecular weight excluding hydrogens is 300 g/mol. The fraction of sp³-hybridized carbons (Fsp3) is 0.222. The maximum atomic E-state index is 4.60. The molecule has 1 aliphatic heterocycles. The molecule has 0 saturated heterocycles. The Kier molecular flexibility index (Phi) is 3.57. The van der Waals surface area contributed by atoms with Gasteiger partial charge in [0.15, 0.2) is 11.5 Å². The molecule has 2 N–H and O–H groups in total. The molecule has 0 aromatic carbocycles. The van der Waals surface area contributed by atoms with Crippen molar-refractivity contribution >= 4 is 22.7 Å². The van der Waals surface area contributed by atoms with E-state index in [4.69, 9.17) is 0 Å². The van der Waals surface area contributed by atoms with Crippen molar-refractivity contribution in [3.05, 3.63) is 47.8 Å². The standard InChI is InChI=1S/C18H18N6/c1-11-3-4-14(20-10-11)17-22-15-5-6-16(23-18(15)24-17)21-13-7-8-19-12(2)9-13/h3-6,9-10H,7-8H2,1-2H3,(H2,21,22,23,24). The van der Waals surface area contributed by atoms with Crippen LogP contribution in [0.15, 0.2) is 47.2 Å². The molecule has 24 heavy (non-hydrogen) atoms. The zero-order chi connectivity index (χ0) is 16.5. The third-order valence-corrected chi connectivity index (χ3v) is 3.91. The molecule has 3 aromatic heterocycles. The summed E-state index contributed by atoms with van der Waals surface area (Å²) in [4.78, 5) is 21.2. The molecular formula is C18H18N6. The number of hydrogen-bond donors (Lipinski definition) is 2. The predicted molar refractivity (Wildman–Crippen MR) is 96.2 cm³/mol. The predicted octanol–water partition coefficient (Wildman–Crippen LogP) is 3.49. The molecule has 3 aromatic rings. The van der Waals surface area contributed by atoms with Crippen molar-refractivity contribution in [2.45, 2.75) is 20.3 Å². The number of H-pyrrole nitrogens is 1. The lowest BCUT2D eigenvalue weighted by molar-refractivity contribution is 0.935. The van der Waals surface area contributed by atoms with Gasteiger partial charge in [-0.2, -0.15) is 0 Å². The lowest BCUT2D eigenvalue weighted by Crippen LogP contribution is -2.09. The van der Waals surface area contributed by atoms with Crippen molar-refractivity contribution in [2.24, 2.45) is 4.99 Å². The molecule has 0 radical (unpaired) electrons. The number of rotatable bonds is 3. The molecule has 6 heteroatoms. The average Bonchev–Trinajstić information content (AvgIpc) is 2.99. The first-order chi connectivity index (χ1) is 11.7. The van der Waals surface area contributed by atoms with Crippen LogP contribution in [0.1, 0.15) is 18.9 Å². The van der Waals surface area contributed by atoms with Crippen molar-refractivity contribution in [3.63, 3.8) is 0 Å². The van der Waals surface area contributed by atoms with E-state index in [1.54, 1.807) is 0 Å². The molecule has 4 rings (SSSR count). The van der Waals surface area contributed by atoms with Gasteiger partial charge in [0, 0.05) is 30.6 Å². The molecule has 0 saturated carbocycles. The van der Waals surface area contributed by atoms with Crippen molar-refractivity contribution in [1.82, 2.24) is 19.9 Å². The maximum Gasteiger partial charge on any atom is 0.180 e. The minimum Gasteiger partial charge on any atom is -0.344 e. The van der Waals surface area contributed by atoms with Gasteiger partial charge in [0.25, 0.3) is 0 Å². The zero-order valence-electron chi connectivity index (χ0n) is 13.7. The summed E-state index contributed by atoms with van der Waals surface area (Å²) in [5.74, 6) is 1.52. The number of anilines is 1. The van der Waals surface area contributed by atoms with Crippen LogP contribution in [0.3, 0.4) is 0 Å². The minimum atomic E-state index is 0.680. The summed E-state index contributed by atoms with van der Waals surface area (Å²) in [6.07, 6.45) is 4.79. The van der Waals surface area contributed by atoms with E-state index in [0.717, 1.165) is 52.8 Å². The highest BCUT2D eigenvalue weighted by Crippen LogP contribution is 2.20. The fourth-order valence-electron chi connectivity index (χ4n) is 2.68. The average molecular weight is 318 g/mol. The van der Waals surface area contributed by atoms with E-state index in [1.807, 2.05) is 44.3 Å². The number of aryl methyl sites for hydroxylation is 1. The van der Waals surface area contributed by atoms with Gasteiger partial charge >= 0.3 is 0 Å². The third-order valence-electron chi connectivity index (χ3n) is 3.91. The second-order valence-electron chi connectivity index (χ2n) is 5.94. The van der Waals surface area contributed by atoms with Gasteiger partial charge in [0.05, 0.1) is 5.52 Å². The van der Waals surface area contributed by atoms with Crippen LogP contribution in [-0.2, 0) is 0 Å². The smallest absolute Gasteiger partial charge is 0.180 e. The number of aromatic amines is 1. The van der Waals surface area contributed by atoms with Crippen LogP contribution in [0.5, 0.6) is 0 Å². The van der Waals surface area contributed by atoms with E-state index in [1.165, 1.54) is 0 Å². The molecule has 0 spiro atoms. The topological polar surface area (TPSA) is 78.9 Å². The first kappa shape index (κ1) is 14.6. The highest BCUT2D eigenvalue weighted by molar-refractivity contribution is 5.94. The van der Waals surface area contributed by atoms with E-state index in [9.17, 15) is 0 Å². The molecule has 0 unspecified atom stereocenters. The molecule has 0 aliphatic carbocycles. The number of hydrogen-bond acceptors (Lipinski definition) is 5. The Morgan fingerprint density at radius 1 is 1.08 bits per heavy atom. The summed E-state index contributed by atoms with van der Waals surface area (Å²) in [6.45, 7) is 4.84. The number of nitrogens with one attached hydrogen (secondary N) is 2. The lowest BCUT2D eigenvalue weighted by Gasteiger charge is -2.13. The molecule has 0 amide bonds. The minimum absolute atomic E-state index is 0.680. The highest BCUT2D eigenvalue weighted by Gasteiger charge is 2.10. The Labute approximate surface area is 139 Å². The van der Waals surface area contributed by atoms with Gasteiger partial charge in [-0.15, -0.1) is 0 Å². The van der Waals surface area contributed by atoms with Crippen LogP contribution in [-0.4, -0.2) is 32.2 Å². The van der Waals surface area contributed by atoms with Crippen LogP contribution in [0.4, 0.5) is 5.82 Å². The number of nitrogens with zero attached hydrogens (tertiary/aromatic N) is 4. The number of fused-ring (bicyclic) bond motifs is 1. The third kappa shape index (κ3) is 2.90. The maximum absolute atomic E-state index is 4.60. The van der Waals surface area contributed by atoms with Crippen molar-refractivity contribution in [2.75, 3.05) is 11.9 Å². The first-order valence-electron chi connectivity index (χ1n) is 7.96. The molecule has 0 bridgehead atoms. The monoisotopic (exact) mass is 318 g/mol. The molecule has 0 fully saturated rings. The van der Waals surface area contributed by atoms with E-state index in [0.29, 0.717) is 5.65 Å². The van der Waals surface area contributed by atoms with Crippen molar-refractivity contribution < 1.29 is 0 Å². The molecule has 120 valence electrons. The zero-order valence-corrected chi connectivity index (χ0v) is 13.7. The van der Waals surface area contributed by atoms with Crippen LogP contribution in [0.2, 0.25) is 0 Å². The van der Waals surface area contributed by atoms with Crippen molar-refractivity contribution in [3.8, 4) is 11.5 Å². The summed E-state index contributed by atoms with van der Waals surface area (Å²) in [6, 6.07) is 7.92. The summed E-state index contributed by atoms with van der Waals surface area (Å²) in [7, 11) is 0. The van der Waals surface area contributed by atoms with Crippen LogP contribution in [0, 0.1) is 6.92 Å². The molecule has 4 heterocycles. The molecule has 6 nitrogen and oxygen atoms in total. The van der Waals surface area contributed by atoms with Gasteiger partial charge in [-0.1, -0.05) is 6.07 Å². The summed E-state index contributed by atoms with van der Waals surface area (Å²) in [5, 5.41) is 3.36. The Balaban J connectivity index is 1.64. The second-order valence-corrected chi connectivity index (χ2v) is 5.94. The number of imidazole rings is 1. The largest absolute Gasteiger partial charge is 0.344 e. The number of dihydropyridines is 1. The van der Waals surface area contributed by atoms with Gasteiger partial charge in [-0.3, -0.25) is 9.98 Å². The van der Waals surface area contributed by atoms with Gasteiger partial charge in [-0.25, -0.2) is 9.97 Å². The van der Waals surface area contributed by atoms with Gasteiger partial charge in [0.2, 0.25) is 0 Å². The lowest BCUT2D eigenvalue weighted by atomic mass is 10.2. The highest BCUT2D eigenvalue weighted by atomic mass is 15.1. The Morgan fingerprint density at radius 2 is 2.00 bits per heavy atom. The number of pyridine rings is 2. The summed E-state index contributed by atoms with van der Waals surface area (Å²) < 4.78 is 0. The quantitative estimate of drug-likeness (QED) is 0.775. The Bertz CT molecular complexity index is 949. The number of aliphatic imine (C=N–C) groups is 1. The molecule has 0 atom stereocenters. The Morgan fingerprint density at radius 3 is 2.79 bits per heavy atom. The normalized spacial score (nSPS) is 14.4. The summed E-state index contributed by atoms with van der Waals surface area (Å²) >= 11 is 0. The van der Waals surface area contributed by atoms with E-state index >= 15 is 0 Å². The van der Waals surface area contributed by atoms with Gasteiger partial charge in [0.1, 0.15) is 11.5 Å². The first-order valence-corrected chi connectivity index (χ1v) is 7.96. The van der Waals surface area contributed by atoms with Crippen LogP contribution in [0.25, 0.3) is 22.7 Å². The van der Waals surface area contributed by atoms with Gasteiger partial charge < -0.3 is 10.3 Å². The fourth-order valence-corrected chi connectivity index (χ4v) is 2.68. The van der Waals surface area contributed by atoms with Crippen LogP contribution < -0.4 is 5.32 Å². The Hall–Kier alpha value is -3.02.